The first-order chi connectivity index (χ1) is 17.2. The summed E-state index contributed by atoms with van der Waals surface area (Å²) in [5, 5.41) is 2.92. The predicted octanol–water partition coefficient (Wildman–Crippen LogP) is 3.34. The van der Waals surface area contributed by atoms with Crippen molar-refractivity contribution in [3.05, 3.63) is 84.4 Å². The van der Waals surface area contributed by atoms with E-state index in [0.717, 1.165) is 11.1 Å². The Morgan fingerprint density at radius 3 is 2.19 bits per heavy atom. The molecule has 2 aromatic carbocycles. The molecule has 3 rings (SSSR count). The van der Waals surface area contributed by atoms with Gasteiger partial charge in [0.05, 0.1) is 12.2 Å². The van der Waals surface area contributed by atoms with E-state index in [1.54, 1.807) is 15.9 Å². The van der Waals surface area contributed by atoms with Gasteiger partial charge >= 0.3 is 0 Å². The van der Waals surface area contributed by atoms with Crippen LogP contribution in [0.2, 0.25) is 0 Å². The maximum Gasteiger partial charge on any atom is 0.247 e. The molecule has 7 heteroatoms. The van der Waals surface area contributed by atoms with Crippen LogP contribution < -0.4 is 5.32 Å². The standard InChI is InChI=1S/C29H37N3O4/c1-5-17-32-25(19-22-12-8-6-9-13-22)27(34)30-24(21-36-29(2,3)4)28(35)31(18-16-26(32)33)20-23-14-10-7-11-15-23/h5-15,24-25H,1,16-21H2,2-4H3,(H,30,34)/t24-,25-/m0/s1. The van der Waals surface area contributed by atoms with E-state index in [-0.39, 0.29) is 43.8 Å². The van der Waals surface area contributed by atoms with Crippen LogP contribution in [0.15, 0.2) is 73.3 Å². The molecule has 7 nitrogen and oxygen atoms in total. The molecule has 3 amide bonds. The molecule has 0 bridgehead atoms. The number of rotatable bonds is 8. The number of hydrogen-bond acceptors (Lipinski definition) is 4. The zero-order valence-corrected chi connectivity index (χ0v) is 21.5. The SMILES string of the molecule is C=CCN1C(=O)CCN(Cc2ccccc2)C(=O)[C@H](COC(C)(C)C)NC(=O)[C@@H]1Cc1ccccc1. The summed E-state index contributed by atoms with van der Waals surface area (Å²) in [6, 6.07) is 17.5. The van der Waals surface area contributed by atoms with Crippen LogP contribution in [-0.2, 0) is 32.1 Å². The number of hydrogen-bond donors (Lipinski definition) is 1. The average molecular weight is 492 g/mol. The van der Waals surface area contributed by atoms with Crippen molar-refractivity contribution in [3.63, 3.8) is 0 Å². The van der Waals surface area contributed by atoms with Crippen molar-refractivity contribution in [1.82, 2.24) is 15.1 Å². The monoisotopic (exact) mass is 491 g/mol. The van der Waals surface area contributed by atoms with Gasteiger partial charge in [0.25, 0.3) is 0 Å². The van der Waals surface area contributed by atoms with Crippen molar-refractivity contribution in [2.75, 3.05) is 19.7 Å². The van der Waals surface area contributed by atoms with E-state index < -0.39 is 17.7 Å². The Morgan fingerprint density at radius 1 is 1.00 bits per heavy atom. The number of carbonyl (C=O) groups is 3. The third-order valence-corrected chi connectivity index (χ3v) is 6.02. The average Bonchev–Trinajstić information content (AvgIpc) is 2.86. The number of nitrogens with one attached hydrogen (secondary N) is 1. The first-order valence-electron chi connectivity index (χ1n) is 12.4. The lowest BCUT2D eigenvalue weighted by Gasteiger charge is -2.36. The molecule has 0 unspecified atom stereocenters. The minimum Gasteiger partial charge on any atom is -0.373 e. The Kier molecular flexibility index (Phi) is 9.42. The molecular weight excluding hydrogens is 454 g/mol. The highest BCUT2D eigenvalue weighted by Crippen LogP contribution is 2.17. The molecule has 0 aromatic heterocycles. The number of benzene rings is 2. The van der Waals surface area contributed by atoms with Crippen molar-refractivity contribution in [3.8, 4) is 0 Å². The van der Waals surface area contributed by atoms with Gasteiger partial charge in [-0.15, -0.1) is 6.58 Å². The first-order valence-corrected chi connectivity index (χ1v) is 12.4. The molecule has 0 aliphatic carbocycles. The van der Waals surface area contributed by atoms with Gasteiger partial charge in [-0.3, -0.25) is 14.4 Å². The Morgan fingerprint density at radius 2 is 1.61 bits per heavy atom. The van der Waals surface area contributed by atoms with Gasteiger partial charge in [-0.25, -0.2) is 0 Å². The largest absolute Gasteiger partial charge is 0.373 e. The van der Waals surface area contributed by atoms with Crippen LogP contribution in [0, 0.1) is 0 Å². The minimum absolute atomic E-state index is 0.0345. The van der Waals surface area contributed by atoms with Gasteiger partial charge in [-0.1, -0.05) is 66.7 Å². The molecule has 0 saturated carbocycles. The van der Waals surface area contributed by atoms with Crippen LogP contribution in [0.3, 0.4) is 0 Å². The Bertz CT molecular complexity index is 1030. The topological polar surface area (TPSA) is 79.0 Å². The van der Waals surface area contributed by atoms with Gasteiger partial charge in [-0.2, -0.15) is 0 Å². The van der Waals surface area contributed by atoms with Crippen molar-refractivity contribution in [1.29, 1.82) is 0 Å². The first kappa shape index (κ1) is 27.1. The quantitative estimate of drug-likeness (QED) is 0.575. The third kappa shape index (κ3) is 7.78. The summed E-state index contributed by atoms with van der Waals surface area (Å²) in [5.41, 5.74) is 1.39. The molecule has 1 heterocycles. The fourth-order valence-electron chi connectivity index (χ4n) is 4.17. The Labute approximate surface area is 214 Å². The van der Waals surface area contributed by atoms with Crippen LogP contribution >= 0.6 is 0 Å². The maximum atomic E-state index is 13.7. The summed E-state index contributed by atoms with van der Waals surface area (Å²) in [7, 11) is 0. The smallest absolute Gasteiger partial charge is 0.247 e. The summed E-state index contributed by atoms with van der Waals surface area (Å²) in [6.45, 7) is 10.4. The number of carbonyl (C=O) groups excluding carboxylic acids is 3. The summed E-state index contributed by atoms with van der Waals surface area (Å²) in [6.07, 6.45) is 2.07. The summed E-state index contributed by atoms with van der Waals surface area (Å²) >= 11 is 0. The number of ether oxygens (including phenoxy) is 1. The normalized spacial score (nSPS) is 19.7. The molecule has 1 fully saturated rings. The van der Waals surface area contributed by atoms with Crippen molar-refractivity contribution >= 4 is 17.7 Å². The lowest BCUT2D eigenvalue weighted by molar-refractivity contribution is -0.147. The van der Waals surface area contributed by atoms with Gasteiger partial charge in [0.2, 0.25) is 17.7 Å². The van der Waals surface area contributed by atoms with Crippen molar-refractivity contribution in [2.45, 2.75) is 57.8 Å². The minimum atomic E-state index is -0.877. The van der Waals surface area contributed by atoms with E-state index in [9.17, 15) is 14.4 Å². The van der Waals surface area contributed by atoms with E-state index >= 15 is 0 Å². The molecule has 1 aliphatic rings. The lowest BCUT2D eigenvalue weighted by Crippen LogP contribution is -2.59. The molecule has 1 N–H and O–H groups in total. The molecule has 1 saturated heterocycles. The predicted molar refractivity (Wildman–Crippen MR) is 140 cm³/mol. The molecule has 36 heavy (non-hydrogen) atoms. The fourth-order valence-corrected chi connectivity index (χ4v) is 4.17. The Balaban J connectivity index is 1.94. The van der Waals surface area contributed by atoms with Gasteiger partial charge < -0.3 is 19.9 Å². The highest BCUT2D eigenvalue weighted by Gasteiger charge is 2.36. The third-order valence-electron chi connectivity index (χ3n) is 6.02. The van der Waals surface area contributed by atoms with Crippen LogP contribution in [0.4, 0.5) is 0 Å². The second kappa shape index (κ2) is 12.5. The fraction of sp³-hybridized carbons (Fsp3) is 0.414. The van der Waals surface area contributed by atoms with Gasteiger partial charge in [0.15, 0.2) is 0 Å². The number of nitrogens with zero attached hydrogens (tertiary/aromatic N) is 2. The summed E-state index contributed by atoms with van der Waals surface area (Å²) < 4.78 is 5.94. The van der Waals surface area contributed by atoms with E-state index in [2.05, 4.69) is 11.9 Å². The highest BCUT2D eigenvalue weighted by atomic mass is 16.5. The molecule has 2 atom stereocenters. The lowest BCUT2D eigenvalue weighted by atomic mass is 10.0. The second-order valence-corrected chi connectivity index (χ2v) is 10.0. The maximum absolute atomic E-state index is 13.7. The van der Waals surface area contributed by atoms with Gasteiger partial charge in [-0.05, 0) is 31.9 Å². The van der Waals surface area contributed by atoms with Crippen LogP contribution in [-0.4, -0.2) is 64.9 Å². The molecular formula is C29H37N3O4. The van der Waals surface area contributed by atoms with Crippen LogP contribution in [0.1, 0.15) is 38.3 Å². The van der Waals surface area contributed by atoms with Crippen molar-refractivity contribution in [2.24, 2.45) is 0 Å². The zero-order valence-electron chi connectivity index (χ0n) is 21.5. The van der Waals surface area contributed by atoms with Gasteiger partial charge in [0, 0.05) is 32.5 Å². The molecule has 192 valence electrons. The molecule has 1 aliphatic heterocycles. The molecule has 0 spiro atoms. The second-order valence-electron chi connectivity index (χ2n) is 10.0. The molecule has 2 aromatic rings. The van der Waals surface area contributed by atoms with Crippen LogP contribution in [0.25, 0.3) is 0 Å². The Hall–Kier alpha value is -3.45. The highest BCUT2D eigenvalue weighted by molar-refractivity contribution is 5.93. The zero-order chi connectivity index (χ0) is 26.1. The van der Waals surface area contributed by atoms with E-state index in [0.29, 0.717) is 13.0 Å². The van der Waals surface area contributed by atoms with Crippen LogP contribution in [0.5, 0.6) is 0 Å². The van der Waals surface area contributed by atoms with Gasteiger partial charge in [0.1, 0.15) is 12.1 Å². The summed E-state index contributed by atoms with van der Waals surface area (Å²) in [4.78, 5) is 43.9. The molecule has 0 radical (unpaired) electrons. The van der Waals surface area contributed by atoms with E-state index in [1.165, 1.54) is 0 Å². The van der Waals surface area contributed by atoms with E-state index in [4.69, 9.17) is 4.74 Å². The summed E-state index contributed by atoms with van der Waals surface area (Å²) in [5.74, 6) is -0.840. The number of amides is 3. The van der Waals surface area contributed by atoms with E-state index in [1.807, 2.05) is 81.4 Å². The van der Waals surface area contributed by atoms with Crippen molar-refractivity contribution < 1.29 is 19.1 Å².